The minimum Gasteiger partial charge on any atom is -0.370 e. The molecule has 0 unspecified atom stereocenters. The molecule has 104 valence electrons. The van der Waals surface area contributed by atoms with Crippen LogP contribution >= 0.6 is 0 Å². The third kappa shape index (κ3) is 2.52. The van der Waals surface area contributed by atoms with Gasteiger partial charge in [-0.1, -0.05) is 30.3 Å². The van der Waals surface area contributed by atoms with Crippen LogP contribution in [0.15, 0.2) is 41.5 Å². The Morgan fingerprint density at radius 3 is 2.70 bits per heavy atom. The van der Waals surface area contributed by atoms with Gasteiger partial charge in [0.1, 0.15) is 0 Å². The molecule has 1 aliphatic rings. The predicted molar refractivity (Wildman–Crippen MR) is 80.2 cm³/mol. The zero-order valence-electron chi connectivity index (χ0n) is 11.7. The third-order valence-electron chi connectivity index (χ3n) is 3.54. The first-order chi connectivity index (χ1) is 9.74. The Kier molecular flexibility index (Phi) is 3.41. The lowest BCUT2D eigenvalue weighted by molar-refractivity contribution is 0.295. The van der Waals surface area contributed by atoms with Gasteiger partial charge >= 0.3 is 0 Å². The van der Waals surface area contributed by atoms with E-state index in [-0.39, 0.29) is 0 Å². The number of likely N-dealkylation sites (tertiary alicyclic amines) is 1. The Balaban J connectivity index is 1.83. The lowest BCUT2D eigenvalue weighted by atomic mass is 10.1. The van der Waals surface area contributed by atoms with Gasteiger partial charge in [0.2, 0.25) is 0 Å². The summed E-state index contributed by atoms with van der Waals surface area (Å²) in [6.07, 6.45) is 3.22. The number of aromatic nitrogens is 2. The summed E-state index contributed by atoms with van der Waals surface area (Å²) < 4.78 is 1.83. The first kappa shape index (κ1) is 12.7. The molecule has 1 aliphatic heterocycles. The van der Waals surface area contributed by atoms with E-state index in [4.69, 9.17) is 5.73 Å². The molecular formula is C15H19N5. The minimum absolute atomic E-state index is 0.570. The monoisotopic (exact) mass is 269 g/mol. The quantitative estimate of drug-likeness (QED) is 0.680. The normalized spacial score (nSPS) is 15.2. The second-order valence-corrected chi connectivity index (χ2v) is 5.06. The molecule has 0 saturated carbocycles. The van der Waals surface area contributed by atoms with E-state index < -0.39 is 0 Å². The Bertz CT molecular complexity index is 610. The van der Waals surface area contributed by atoms with Crippen molar-refractivity contribution < 1.29 is 0 Å². The van der Waals surface area contributed by atoms with Crippen molar-refractivity contribution in [2.24, 2.45) is 17.8 Å². The fraction of sp³-hybridized carbons (Fsp3) is 0.333. The van der Waals surface area contributed by atoms with Gasteiger partial charge in [-0.05, 0) is 6.42 Å². The van der Waals surface area contributed by atoms with Gasteiger partial charge in [0.15, 0.2) is 5.96 Å². The zero-order chi connectivity index (χ0) is 13.9. The molecule has 2 aromatic rings. The van der Waals surface area contributed by atoms with E-state index in [0.29, 0.717) is 12.5 Å². The summed E-state index contributed by atoms with van der Waals surface area (Å²) in [4.78, 5) is 6.58. The van der Waals surface area contributed by atoms with Gasteiger partial charge in [0, 0.05) is 37.5 Å². The lowest BCUT2D eigenvalue weighted by Crippen LogP contribution is -2.46. The van der Waals surface area contributed by atoms with E-state index in [1.165, 1.54) is 6.42 Å². The first-order valence-electron chi connectivity index (χ1n) is 6.87. The van der Waals surface area contributed by atoms with E-state index in [0.717, 1.165) is 29.9 Å². The standard InChI is InChI=1S/C15H19N5/c1-19-11-13(10-17-15(16)20-8-5-9-20)14(18-19)12-6-3-2-4-7-12/h2-4,6-7,11H,5,8-10H2,1H3,(H2,16,17). The highest BCUT2D eigenvalue weighted by atomic mass is 15.3. The van der Waals surface area contributed by atoms with Crippen molar-refractivity contribution in [3.63, 3.8) is 0 Å². The third-order valence-corrected chi connectivity index (χ3v) is 3.54. The van der Waals surface area contributed by atoms with E-state index in [9.17, 15) is 0 Å². The molecule has 1 fully saturated rings. The molecule has 0 radical (unpaired) electrons. The summed E-state index contributed by atoms with van der Waals surface area (Å²) in [6, 6.07) is 10.2. The highest BCUT2D eigenvalue weighted by molar-refractivity contribution is 5.78. The molecule has 1 aromatic heterocycles. The number of hydrogen-bond acceptors (Lipinski definition) is 2. The van der Waals surface area contributed by atoms with Crippen LogP contribution < -0.4 is 5.73 Å². The van der Waals surface area contributed by atoms with E-state index in [1.54, 1.807) is 0 Å². The number of aryl methyl sites for hydroxylation is 1. The van der Waals surface area contributed by atoms with Crippen LogP contribution in [0.1, 0.15) is 12.0 Å². The Morgan fingerprint density at radius 2 is 2.05 bits per heavy atom. The average Bonchev–Trinajstić information content (AvgIpc) is 2.77. The molecule has 0 bridgehead atoms. The van der Waals surface area contributed by atoms with Gasteiger partial charge in [-0.3, -0.25) is 4.68 Å². The zero-order valence-corrected chi connectivity index (χ0v) is 11.7. The smallest absolute Gasteiger partial charge is 0.191 e. The van der Waals surface area contributed by atoms with Crippen LogP contribution in [0.2, 0.25) is 0 Å². The molecule has 3 rings (SSSR count). The van der Waals surface area contributed by atoms with Crippen molar-refractivity contribution in [1.29, 1.82) is 0 Å². The van der Waals surface area contributed by atoms with E-state index in [1.807, 2.05) is 36.1 Å². The van der Waals surface area contributed by atoms with Crippen molar-refractivity contribution in [2.75, 3.05) is 13.1 Å². The van der Waals surface area contributed by atoms with Crippen LogP contribution in [-0.2, 0) is 13.6 Å². The summed E-state index contributed by atoms with van der Waals surface area (Å²) in [5.41, 5.74) is 9.16. The minimum atomic E-state index is 0.570. The average molecular weight is 269 g/mol. The van der Waals surface area contributed by atoms with Crippen molar-refractivity contribution >= 4 is 5.96 Å². The van der Waals surface area contributed by atoms with Crippen LogP contribution in [0.5, 0.6) is 0 Å². The van der Waals surface area contributed by atoms with Gasteiger partial charge in [0.25, 0.3) is 0 Å². The van der Waals surface area contributed by atoms with E-state index in [2.05, 4.69) is 27.1 Å². The maximum Gasteiger partial charge on any atom is 0.191 e. The molecule has 1 aromatic carbocycles. The number of hydrogen-bond donors (Lipinski definition) is 1. The highest BCUT2D eigenvalue weighted by Gasteiger charge is 2.16. The Morgan fingerprint density at radius 1 is 1.30 bits per heavy atom. The molecule has 1 saturated heterocycles. The van der Waals surface area contributed by atoms with E-state index >= 15 is 0 Å². The summed E-state index contributed by atoms with van der Waals surface area (Å²) >= 11 is 0. The number of aliphatic imine (C=N–C) groups is 1. The molecular weight excluding hydrogens is 250 g/mol. The number of guanidine groups is 1. The second kappa shape index (κ2) is 5.36. The van der Waals surface area contributed by atoms with Gasteiger partial charge in [-0.2, -0.15) is 5.10 Å². The van der Waals surface area contributed by atoms with Gasteiger partial charge in [-0.15, -0.1) is 0 Å². The second-order valence-electron chi connectivity index (χ2n) is 5.06. The summed E-state index contributed by atoms with van der Waals surface area (Å²) in [5, 5.41) is 4.53. The van der Waals surface area contributed by atoms with Crippen molar-refractivity contribution in [1.82, 2.24) is 14.7 Å². The molecule has 2 N–H and O–H groups in total. The van der Waals surface area contributed by atoms with Gasteiger partial charge < -0.3 is 10.6 Å². The summed E-state index contributed by atoms with van der Waals surface area (Å²) in [7, 11) is 1.93. The van der Waals surface area contributed by atoms with Crippen LogP contribution in [0.4, 0.5) is 0 Å². The largest absolute Gasteiger partial charge is 0.370 e. The molecule has 0 atom stereocenters. The first-order valence-corrected chi connectivity index (χ1v) is 6.87. The molecule has 0 amide bonds. The van der Waals surface area contributed by atoms with Crippen molar-refractivity contribution in [3.05, 3.63) is 42.1 Å². The summed E-state index contributed by atoms with van der Waals surface area (Å²) in [5.74, 6) is 0.638. The number of nitrogens with zero attached hydrogens (tertiary/aromatic N) is 4. The van der Waals surface area contributed by atoms with Crippen LogP contribution in [0.3, 0.4) is 0 Å². The molecule has 0 aliphatic carbocycles. The van der Waals surface area contributed by atoms with Crippen molar-refractivity contribution in [3.8, 4) is 11.3 Å². The maximum absolute atomic E-state index is 5.97. The fourth-order valence-electron chi connectivity index (χ4n) is 2.30. The van der Waals surface area contributed by atoms with Crippen LogP contribution in [0.25, 0.3) is 11.3 Å². The Labute approximate surface area is 118 Å². The van der Waals surface area contributed by atoms with Crippen LogP contribution in [0, 0.1) is 0 Å². The summed E-state index contributed by atoms with van der Waals surface area (Å²) in [6.45, 7) is 2.61. The SMILES string of the molecule is Cn1cc(CN=C(N)N2CCC2)c(-c2ccccc2)n1. The van der Waals surface area contributed by atoms with Crippen molar-refractivity contribution in [2.45, 2.75) is 13.0 Å². The lowest BCUT2D eigenvalue weighted by Gasteiger charge is -2.31. The molecule has 2 heterocycles. The predicted octanol–water partition coefficient (Wildman–Crippen LogP) is 1.61. The fourth-order valence-corrected chi connectivity index (χ4v) is 2.30. The molecule has 5 nitrogen and oxygen atoms in total. The van der Waals surface area contributed by atoms with Crippen LogP contribution in [-0.4, -0.2) is 33.7 Å². The highest BCUT2D eigenvalue weighted by Crippen LogP contribution is 2.22. The Hall–Kier alpha value is -2.30. The maximum atomic E-state index is 5.97. The number of benzene rings is 1. The number of nitrogens with two attached hydrogens (primary N) is 1. The molecule has 20 heavy (non-hydrogen) atoms. The molecule has 0 spiro atoms. The van der Waals surface area contributed by atoms with Gasteiger partial charge in [-0.25, -0.2) is 4.99 Å². The molecule has 5 heteroatoms. The topological polar surface area (TPSA) is 59.4 Å². The van der Waals surface area contributed by atoms with Gasteiger partial charge in [0.05, 0.1) is 12.2 Å². The number of rotatable bonds is 3.